The highest BCUT2D eigenvalue weighted by Gasteiger charge is 2.23. The van der Waals surface area contributed by atoms with Crippen molar-refractivity contribution < 1.29 is 23.1 Å². The number of esters is 1. The lowest BCUT2D eigenvalue weighted by Crippen LogP contribution is -2.30. The molecular weight excluding hydrogens is 558 g/mol. The summed E-state index contributed by atoms with van der Waals surface area (Å²) in [7, 11) is -3.90. The van der Waals surface area contributed by atoms with Gasteiger partial charge in [0.25, 0.3) is 0 Å². The van der Waals surface area contributed by atoms with Gasteiger partial charge in [0.05, 0.1) is 11.0 Å². The van der Waals surface area contributed by atoms with Crippen molar-refractivity contribution in [1.82, 2.24) is 4.90 Å². The Bertz CT molecular complexity index is 1540. The Hall–Kier alpha value is -3.49. The highest BCUT2D eigenvalue weighted by atomic mass is 35.5. The predicted molar refractivity (Wildman–Crippen MR) is 161 cm³/mol. The van der Waals surface area contributed by atoms with Crippen LogP contribution >= 0.6 is 11.6 Å². The van der Waals surface area contributed by atoms with E-state index in [2.05, 4.69) is 17.0 Å². The minimum absolute atomic E-state index is 0.0323. The molecule has 0 radical (unpaired) electrons. The molecule has 8 heteroatoms. The molecule has 0 heterocycles. The first-order valence-electron chi connectivity index (χ1n) is 13.6. The van der Waals surface area contributed by atoms with Crippen LogP contribution in [0, 0.1) is 0 Å². The van der Waals surface area contributed by atoms with Crippen LogP contribution in [-0.4, -0.2) is 37.5 Å². The molecular formula is C33H34ClNO5S. The van der Waals surface area contributed by atoms with Gasteiger partial charge in [-0.1, -0.05) is 85.3 Å². The third-order valence-electron chi connectivity index (χ3n) is 6.68. The van der Waals surface area contributed by atoms with Crippen LogP contribution in [0.5, 0.6) is 5.75 Å². The van der Waals surface area contributed by atoms with E-state index in [1.807, 2.05) is 37.3 Å². The predicted octanol–water partition coefficient (Wildman–Crippen LogP) is 6.66. The van der Waals surface area contributed by atoms with Gasteiger partial charge in [0, 0.05) is 31.1 Å². The molecule has 0 bridgehead atoms. The molecule has 4 aromatic carbocycles. The van der Waals surface area contributed by atoms with Gasteiger partial charge in [0.15, 0.2) is 0 Å². The van der Waals surface area contributed by atoms with Crippen molar-refractivity contribution in [3.05, 3.63) is 125 Å². The maximum atomic E-state index is 13.4. The van der Waals surface area contributed by atoms with E-state index in [4.69, 9.17) is 16.3 Å². The monoisotopic (exact) mass is 591 g/mol. The van der Waals surface area contributed by atoms with Gasteiger partial charge in [-0.05, 0) is 65.9 Å². The Kier molecular flexibility index (Phi) is 10.7. The first-order chi connectivity index (χ1) is 19.8. The molecule has 1 atom stereocenters. The molecule has 4 rings (SSSR count). The van der Waals surface area contributed by atoms with E-state index in [9.17, 15) is 18.3 Å². The molecule has 0 aliphatic rings. The van der Waals surface area contributed by atoms with Crippen molar-refractivity contribution in [3.63, 3.8) is 0 Å². The highest BCUT2D eigenvalue weighted by molar-refractivity contribution is 7.91. The average molecular weight is 592 g/mol. The fraction of sp³-hybridized carbons (Fsp3) is 0.242. The van der Waals surface area contributed by atoms with Crippen molar-refractivity contribution in [1.29, 1.82) is 0 Å². The molecule has 0 saturated carbocycles. The van der Waals surface area contributed by atoms with E-state index in [1.165, 1.54) is 12.1 Å². The number of carbonyl (C=O) groups excluding carboxylic acids is 1. The van der Waals surface area contributed by atoms with Crippen molar-refractivity contribution >= 4 is 27.4 Å². The van der Waals surface area contributed by atoms with E-state index >= 15 is 0 Å². The SMILES string of the molecule is CCCC(=O)Oc1ccccc1S(=O)(=O)c1ccc(CCN(Cc2ccccc2)CC(O)c2cccc(Cl)c2)cc1. The van der Waals surface area contributed by atoms with Crippen LogP contribution < -0.4 is 4.74 Å². The number of hydrogen-bond acceptors (Lipinski definition) is 6. The van der Waals surface area contributed by atoms with Crippen molar-refractivity contribution in [2.45, 2.75) is 48.6 Å². The lowest BCUT2D eigenvalue weighted by atomic mass is 10.1. The number of ether oxygens (including phenoxy) is 1. The van der Waals surface area contributed by atoms with E-state index in [0.717, 1.165) is 16.7 Å². The summed E-state index contributed by atoms with van der Waals surface area (Å²) in [5, 5.41) is 11.5. The molecule has 0 amide bonds. The molecule has 1 unspecified atom stereocenters. The van der Waals surface area contributed by atoms with Crippen LogP contribution in [0.1, 0.15) is 42.6 Å². The van der Waals surface area contributed by atoms with Gasteiger partial charge in [-0.25, -0.2) is 8.42 Å². The summed E-state index contributed by atoms with van der Waals surface area (Å²) in [6, 6.07) is 30.2. The van der Waals surface area contributed by atoms with Crippen molar-refractivity contribution in [2.24, 2.45) is 0 Å². The van der Waals surface area contributed by atoms with Gasteiger partial charge in [0.1, 0.15) is 10.6 Å². The molecule has 0 saturated heterocycles. The van der Waals surface area contributed by atoms with E-state index in [0.29, 0.717) is 37.5 Å². The first-order valence-corrected chi connectivity index (χ1v) is 15.5. The lowest BCUT2D eigenvalue weighted by Gasteiger charge is -2.25. The number of benzene rings is 4. The summed E-state index contributed by atoms with van der Waals surface area (Å²) < 4.78 is 32.2. The van der Waals surface area contributed by atoms with Crippen LogP contribution in [0.4, 0.5) is 0 Å². The van der Waals surface area contributed by atoms with E-state index < -0.39 is 21.9 Å². The number of para-hydroxylation sites is 1. The second-order valence-corrected chi connectivity index (χ2v) is 12.2. The molecule has 0 aliphatic heterocycles. The maximum Gasteiger partial charge on any atom is 0.311 e. The molecule has 0 aliphatic carbocycles. The van der Waals surface area contributed by atoms with Crippen LogP contribution in [0.25, 0.3) is 0 Å². The zero-order valence-corrected chi connectivity index (χ0v) is 24.5. The number of aliphatic hydroxyl groups excluding tert-OH is 1. The normalized spacial score (nSPS) is 12.3. The molecule has 0 spiro atoms. The number of hydrogen-bond donors (Lipinski definition) is 1. The Morgan fingerprint density at radius 2 is 1.61 bits per heavy atom. The zero-order chi connectivity index (χ0) is 29.2. The second-order valence-electron chi connectivity index (χ2n) is 9.86. The summed E-state index contributed by atoms with van der Waals surface area (Å²) in [5.41, 5.74) is 2.85. The smallest absolute Gasteiger partial charge is 0.311 e. The van der Waals surface area contributed by atoms with Gasteiger partial charge in [-0.2, -0.15) is 0 Å². The number of aliphatic hydroxyl groups is 1. The number of carbonyl (C=O) groups is 1. The minimum atomic E-state index is -3.90. The summed E-state index contributed by atoms with van der Waals surface area (Å²) >= 11 is 6.13. The second kappa shape index (κ2) is 14.4. The molecule has 41 heavy (non-hydrogen) atoms. The Balaban J connectivity index is 1.47. The van der Waals surface area contributed by atoms with Crippen LogP contribution in [0.3, 0.4) is 0 Å². The van der Waals surface area contributed by atoms with Crippen LogP contribution in [-0.2, 0) is 27.6 Å². The molecule has 6 nitrogen and oxygen atoms in total. The Morgan fingerprint density at radius 1 is 0.902 bits per heavy atom. The summed E-state index contributed by atoms with van der Waals surface area (Å²) in [5.74, 6) is -0.434. The summed E-state index contributed by atoms with van der Waals surface area (Å²) in [6.45, 7) is 3.57. The number of nitrogens with zero attached hydrogens (tertiary/aromatic N) is 1. The third kappa shape index (κ3) is 8.50. The molecule has 4 aromatic rings. The van der Waals surface area contributed by atoms with E-state index in [1.54, 1.807) is 48.5 Å². The Labute approximate surface area is 247 Å². The zero-order valence-electron chi connectivity index (χ0n) is 22.9. The summed E-state index contributed by atoms with van der Waals surface area (Å²) in [4.78, 5) is 14.3. The fourth-order valence-electron chi connectivity index (χ4n) is 4.52. The number of rotatable bonds is 13. The molecule has 1 N–H and O–H groups in total. The van der Waals surface area contributed by atoms with Gasteiger partial charge in [-0.15, -0.1) is 0 Å². The fourth-order valence-corrected chi connectivity index (χ4v) is 6.10. The topological polar surface area (TPSA) is 83.9 Å². The lowest BCUT2D eigenvalue weighted by molar-refractivity contribution is -0.134. The molecule has 214 valence electrons. The molecule has 0 fully saturated rings. The average Bonchev–Trinajstić information content (AvgIpc) is 2.97. The quantitative estimate of drug-likeness (QED) is 0.138. The number of halogens is 1. The van der Waals surface area contributed by atoms with Crippen molar-refractivity contribution in [3.8, 4) is 5.75 Å². The largest absolute Gasteiger partial charge is 0.425 e. The van der Waals surface area contributed by atoms with E-state index in [-0.39, 0.29) is 22.0 Å². The standard InChI is InChI=1S/C33H34ClNO5S/c1-2-9-33(37)40-31-14-6-7-15-32(31)41(38,39)29-18-16-25(17-19-29)20-21-35(23-26-10-4-3-5-11-26)24-30(36)27-12-8-13-28(34)22-27/h3-8,10-19,22,30,36H,2,9,20-21,23-24H2,1H3. The van der Waals surface area contributed by atoms with Gasteiger partial charge < -0.3 is 9.84 Å². The van der Waals surface area contributed by atoms with Gasteiger partial charge in [-0.3, -0.25) is 9.69 Å². The van der Waals surface area contributed by atoms with Gasteiger partial charge >= 0.3 is 5.97 Å². The Morgan fingerprint density at radius 3 is 2.32 bits per heavy atom. The summed E-state index contributed by atoms with van der Waals surface area (Å²) in [6.07, 6.45) is 0.759. The third-order valence-corrected chi connectivity index (χ3v) is 8.72. The maximum absolute atomic E-state index is 13.4. The van der Waals surface area contributed by atoms with Crippen molar-refractivity contribution in [2.75, 3.05) is 13.1 Å². The molecule has 0 aromatic heterocycles. The van der Waals surface area contributed by atoms with Crippen LogP contribution in [0.2, 0.25) is 5.02 Å². The van der Waals surface area contributed by atoms with Gasteiger partial charge in [0.2, 0.25) is 9.84 Å². The minimum Gasteiger partial charge on any atom is -0.425 e. The first kappa shape index (κ1) is 30.5. The number of sulfone groups is 1. The highest BCUT2D eigenvalue weighted by Crippen LogP contribution is 2.30. The van der Waals surface area contributed by atoms with Crippen LogP contribution in [0.15, 0.2) is 113 Å².